The molecule has 1 atom stereocenters. The summed E-state index contributed by atoms with van der Waals surface area (Å²) in [6.45, 7) is 10.7. The van der Waals surface area contributed by atoms with Crippen molar-refractivity contribution in [2.45, 2.75) is 34.1 Å². The highest BCUT2D eigenvalue weighted by Gasteiger charge is 2.24. The third kappa shape index (κ3) is 3.47. The van der Waals surface area contributed by atoms with Gasteiger partial charge in [0.25, 0.3) is 0 Å². The van der Waals surface area contributed by atoms with Gasteiger partial charge in [-0.15, -0.1) is 0 Å². The monoisotopic (exact) mass is 235 g/mol. The standard InChI is InChI=1S/C15H25NO/c1-5-15(4,12-17)11-16(6-2)14-10-8-7-9-13(14)3/h7-10,17H,5-6,11-12H2,1-4H3. The molecule has 0 aliphatic carbocycles. The SMILES string of the molecule is CCN(CC(C)(CC)CO)c1ccccc1C. The van der Waals surface area contributed by atoms with Crippen LogP contribution in [0.25, 0.3) is 0 Å². The smallest absolute Gasteiger partial charge is 0.0501 e. The molecule has 1 rings (SSSR count). The molecule has 0 radical (unpaired) electrons. The average molecular weight is 235 g/mol. The number of aliphatic hydroxyl groups excluding tert-OH is 1. The van der Waals surface area contributed by atoms with Gasteiger partial charge in [0.1, 0.15) is 0 Å². The van der Waals surface area contributed by atoms with Gasteiger partial charge in [-0.2, -0.15) is 0 Å². The highest BCUT2D eigenvalue weighted by molar-refractivity contribution is 5.53. The van der Waals surface area contributed by atoms with E-state index in [1.54, 1.807) is 0 Å². The van der Waals surface area contributed by atoms with Gasteiger partial charge in [-0.25, -0.2) is 0 Å². The minimum Gasteiger partial charge on any atom is -0.396 e. The molecule has 0 saturated heterocycles. The van der Waals surface area contributed by atoms with Gasteiger partial charge in [0.15, 0.2) is 0 Å². The van der Waals surface area contributed by atoms with E-state index in [1.807, 2.05) is 0 Å². The first-order valence-corrected chi connectivity index (χ1v) is 6.47. The van der Waals surface area contributed by atoms with E-state index in [4.69, 9.17) is 0 Å². The van der Waals surface area contributed by atoms with Crippen LogP contribution in [0, 0.1) is 12.3 Å². The number of aryl methyl sites for hydroxylation is 1. The Morgan fingerprint density at radius 1 is 1.24 bits per heavy atom. The highest BCUT2D eigenvalue weighted by atomic mass is 16.3. The molecule has 17 heavy (non-hydrogen) atoms. The second kappa shape index (κ2) is 6.06. The maximum atomic E-state index is 9.52. The lowest BCUT2D eigenvalue weighted by Crippen LogP contribution is -2.38. The summed E-state index contributed by atoms with van der Waals surface area (Å²) in [7, 11) is 0. The number of para-hydroxylation sites is 1. The summed E-state index contributed by atoms with van der Waals surface area (Å²) in [4.78, 5) is 2.36. The molecule has 0 bridgehead atoms. The van der Waals surface area contributed by atoms with Gasteiger partial charge in [0.2, 0.25) is 0 Å². The zero-order valence-corrected chi connectivity index (χ0v) is 11.5. The molecule has 1 aromatic rings. The minimum absolute atomic E-state index is 0.0156. The van der Waals surface area contributed by atoms with E-state index < -0.39 is 0 Å². The highest BCUT2D eigenvalue weighted by Crippen LogP contribution is 2.27. The first-order chi connectivity index (χ1) is 8.06. The van der Waals surface area contributed by atoms with Crippen LogP contribution in [0.2, 0.25) is 0 Å². The Hall–Kier alpha value is -1.02. The third-order valence-electron chi connectivity index (χ3n) is 3.65. The molecule has 2 heteroatoms. The van der Waals surface area contributed by atoms with Crippen molar-refractivity contribution in [3.63, 3.8) is 0 Å². The fourth-order valence-electron chi connectivity index (χ4n) is 2.02. The van der Waals surface area contributed by atoms with Crippen LogP contribution < -0.4 is 4.90 Å². The fraction of sp³-hybridized carbons (Fsp3) is 0.600. The summed E-state index contributed by atoms with van der Waals surface area (Å²) in [6.07, 6.45) is 0.992. The summed E-state index contributed by atoms with van der Waals surface area (Å²) in [5.74, 6) is 0. The number of aliphatic hydroxyl groups is 1. The molecule has 0 amide bonds. The van der Waals surface area contributed by atoms with E-state index in [9.17, 15) is 5.11 Å². The van der Waals surface area contributed by atoms with Crippen molar-refractivity contribution in [3.8, 4) is 0 Å². The zero-order valence-electron chi connectivity index (χ0n) is 11.5. The van der Waals surface area contributed by atoms with Crippen molar-refractivity contribution in [3.05, 3.63) is 29.8 Å². The number of rotatable bonds is 6. The van der Waals surface area contributed by atoms with Gasteiger partial charge < -0.3 is 10.0 Å². The summed E-state index contributed by atoms with van der Waals surface area (Å²) in [5, 5.41) is 9.52. The lowest BCUT2D eigenvalue weighted by Gasteiger charge is -2.35. The number of hydrogen-bond acceptors (Lipinski definition) is 2. The molecule has 2 nitrogen and oxygen atoms in total. The van der Waals surface area contributed by atoms with E-state index in [-0.39, 0.29) is 12.0 Å². The molecular formula is C15H25NO. The van der Waals surface area contributed by atoms with E-state index in [0.29, 0.717) is 0 Å². The van der Waals surface area contributed by atoms with Gasteiger partial charge in [0.05, 0.1) is 6.61 Å². The van der Waals surface area contributed by atoms with Crippen molar-refractivity contribution in [2.24, 2.45) is 5.41 Å². The van der Waals surface area contributed by atoms with Crippen molar-refractivity contribution in [1.82, 2.24) is 0 Å². The van der Waals surface area contributed by atoms with Crippen molar-refractivity contribution < 1.29 is 5.11 Å². The van der Waals surface area contributed by atoms with Crippen molar-refractivity contribution in [1.29, 1.82) is 0 Å². The van der Waals surface area contributed by atoms with Gasteiger partial charge >= 0.3 is 0 Å². The third-order valence-corrected chi connectivity index (χ3v) is 3.65. The lowest BCUT2D eigenvalue weighted by atomic mass is 9.87. The minimum atomic E-state index is -0.0156. The number of anilines is 1. The molecule has 0 spiro atoms. The zero-order chi connectivity index (χ0) is 12.9. The van der Waals surface area contributed by atoms with Crippen LogP contribution in [-0.4, -0.2) is 24.8 Å². The van der Waals surface area contributed by atoms with Crippen LogP contribution in [-0.2, 0) is 0 Å². The predicted octanol–water partition coefficient (Wildman–Crippen LogP) is 3.23. The molecule has 96 valence electrons. The van der Waals surface area contributed by atoms with E-state index in [2.05, 4.69) is 56.9 Å². The number of hydrogen-bond donors (Lipinski definition) is 1. The maximum absolute atomic E-state index is 9.52. The second-order valence-electron chi connectivity index (χ2n) is 5.12. The van der Waals surface area contributed by atoms with Crippen LogP contribution in [0.4, 0.5) is 5.69 Å². The fourth-order valence-corrected chi connectivity index (χ4v) is 2.02. The molecular weight excluding hydrogens is 210 g/mol. The topological polar surface area (TPSA) is 23.5 Å². The van der Waals surface area contributed by atoms with Gasteiger partial charge in [-0.3, -0.25) is 0 Å². The summed E-state index contributed by atoms with van der Waals surface area (Å²) < 4.78 is 0. The first kappa shape index (κ1) is 14.0. The lowest BCUT2D eigenvalue weighted by molar-refractivity contribution is 0.143. The molecule has 1 unspecified atom stereocenters. The van der Waals surface area contributed by atoms with Crippen LogP contribution >= 0.6 is 0 Å². The van der Waals surface area contributed by atoms with Crippen molar-refractivity contribution in [2.75, 3.05) is 24.6 Å². The molecule has 0 saturated carbocycles. The van der Waals surface area contributed by atoms with Gasteiger partial charge in [-0.05, 0) is 31.9 Å². The van der Waals surface area contributed by atoms with E-state index in [1.165, 1.54) is 11.3 Å². The molecule has 0 fully saturated rings. The molecule has 0 aliphatic rings. The predicted molar refractivity (Wildman–Crippen MR) is 74.5 cm³/mol. The van der Waals surface area contributed by atoms with E-state index >= 15 is 0 Å². The van der Waals surface area contributed by atoms with Crippen molar-refractivity contribution >= 4 is 5.69 Å². The molecule has 0 aliphatic heterocycles. The van der Waals surface area contributed by atoms with Crippen LogP contribution in [0.15, 0.2) is 24.3 Å². The Bertz CT molecular complexity index is 345. The van der Waals surface area contributed by atoms with Gasteiger partial charge in [0, 0.05) is 24.2 Å². The molecule has 0 heterocycles. The Labute approximate surface area is 105 Å². The largest absolute Gasteiger partial charge is 0.396 e. The first-order valence-electron chi connectivity index (χ1n) is 6.47. The van der Waals surface area contributed by atoms with E-state index in [0.717, 1.165) is 19.5 Å². The quantitative estimate of drug-likeness (QED) is 0.818. The summed E-state index contributed by atoms with van der Waals surface area (Å²) in [6, 6.07) is 8.44. The Balaban J connectivity index is 2.90. The second-order valence-corrected chi connectivity index (χ2v) is 5.12. The Kier molecular flexibility index (Phi) is 5.01. The number of nitrogens with zero attached hydrogens (tertiary/aromatic N) is 1. The average Bonchev–Trinajstić information content (AvgIpc) is 2.37. The number of benzene rings is 1. The maximum Gasteiger partial charge on any atom is 0.0501 e. The Morgan fingerprint density at radius 2 is 1.88 bits per heavy atom. The molecule has 1 N–H and O–H groups in total. The van der Waals surface area contributed by atoms with Crippen LogP contribution in [0.1, 0.15) is 32.8 Å². The molecule has 0 aromatic heterocycles. The Morgan fingerprint density at radius 3 is 2.35 bits per heavy atom. The molecule has 1 aromatic carbocycles. The normalized spacial score (nSPS) is 14.4. The van der Waals surface area contributed by atoms with Crippen LogP contribution in [0.5, 0.6) is 0 Å². The van der Waals surface area contributed by atoms with Crippen LogP contribution in [0.3, 0.4) is 0 Å². The van der Waals surface area contributed by atoms with Gasteiger partial charge in [-0.1, -0.05) is 32.0 Å². The summed E-state index contributed by atoms with van der Waals surface area (Å²) >= 11 is 0. The summed E-state index contributed by atoms with van der Waals surface area (Å²) in [5.41, 5.74) is 2.56.